The number of carbonyl (C=O) groups is 1. The van der Waals surface area contributed by atoms with Gasteiger partial charge in [-0.05, 0) is 12.1 Å². The number of benzene rings is 2. The Hall–Kier alpha value is -2.95. The van der Waals surface area contributed by atoms with Crippen molar-refractivity contribution >= 4 is 11.5 Å². The van der Waals surface area contributed by atoms with Crippen LogP contribution < -0.4 is 0 Å². The number of ketones is 1. The minimum Gasteiger partial charge on any atom is -0.507 e. The number of aliphatic hydroxyl groups excluding tert-OH is 2. The Kier molecular flexibility index (Phi) is 3.61. The van der Waals surface area contributed by atoms with Crippen molar-refractivity contribution in [1.29, 1.82) is 0 Å². The number of aliphatic hydroxyl groups is 2. The third-order valence-electron chi connectivity index (χ3n) is 2.73. The first-order valence-electron chi connectivity index (χ1n) is 5.75. The van der Waals surface area contributed by atoms with Crippen molar-refractivity contribution in [2.45, 2.75) is 0 Å². The molecule has 2 aromatic carbocycles. The lowest BCUT2D eigenvalue weighted by Gasteiger charge is -2.07. The van der Waals surface area contributed by atoms with Crippen LogP contribution in [0.4, 0.5) is 0 Å². The van der Waals surface area contributed by atoms with Gasteiger partial charge in [-0.1, -0.05) is 36.4 Å². The van der Waals surface area contributed by atoms with Gasteiger partial charge in [-0.15, -0.1) is 0 Å². The zero-order valence-corrected chi connectivity index (χ0v) is 10.3. The minimum absolute atomic E-state index is 0.244. The molecule has 5 nitrogen and oxygen atoms in total. The SMILES string of the molecule is O=C(/C(O)=C(\O)c1ccccc1)c1c(O)cccc1O. The molecule has 0 saturated heterocycles. The van der Waals surface area contributed by atoms with E-state index < -0.39 is 34.4 Å². The van der Waals surface area contributed by atoms with Crippen molar-refractivity contribution in [3.05, 3.63) is 65.4 Å². The maximum Gasteiger partial charge on any atom is 0.238 e. The quantitative estimate of drug-likeness (QED) is 0.391. The Morgan fingerprint density at radius 3 is 1.90 bits per heavy atom. The fourth-order valence-electron chi connectivity index (χ4n) is 1.72. The molecule has 2 rings (SSSR count). The molecule has 2 aromatic rings. The summed E-state index contributed by atoms with van der Waals surface area (Å²) >= 11 is 0. The first-order chi connectivity index (χ1) is 9.52. The lowest BCUT2D eigenvalue weighted by atomic mass is 10.0. The number of carbonyl (C=O) groups excluding carboxylic acids is 1. The highest BCUT2D eigenvalue weighted by molar-refractivity contribution is 6.13. The first kappa shape index (κ1) is 13.5. The number of phenolic OH excluding ortho intramolecular Hbond substituents is 2. The number of allylic oxidation sites excluding steroid dienone is 1. The van der Waals surface area contributed by atoms with Crippen molar-refractivity contribution in [2.75, 3.05) is 0 Å². The number of hydrogen-bond donors (Lipinski definition) is 4. The van der Waals surface area contributed by atoms with Gasteiger partial charge in [0.2, 0.25) is 11.5 Å². The van der Waals surface area contributed by atoms with Gasteiger partial charge in [-0.25, -0.2) is 0 Å². The van der Waals surface area contributed by atoms with Crippen LogP contribution in [0.15, 0.2) is 54.3 Å². The molecule has 0 unspecified atom stereocenters. The molecule has 0 aliphatic heterocycles. The molecule has 0 atom stereocenters. The van der Waals surface area contributed by atoms with E-state index in [0.29, 0.717) is 0 Å². The number of phenols is 2. The summed E-state index contributed by atoms with van der Waals surface area (Å²) in [5.41, 5.74) is -0.222. The zero-order chi connectivity index (χ0) is 14.7. The molecular weight excluding hydrogens is 260 g/mol. The number of hydrogen-bond acceptors (Lipinski definition) is 5. The number of Topliss-reactive ketones (excluding diaryl/α,β-unsaturated/α-hetero) is 1. The van der Waals surface area contributed by atoms with Crippen LogP contribution in [0.1, 0.15) is 15.9 Å². The first-order valence-corrected chi connectivity index (χ1v) is 5.75. The van der Waals surface area contributed by atoms with E-state index in [0.717, 1.165) is 0 Å². The second-order valence-corrected chi connectivity index (χ2v) is 4.06. The molecule has 0 radical (unpaired) electrons. The van der Waals surface area contributed by atoms with Gasteiger partial charge in [-0.3, -0.25) is 4.79 Å². The van der Waals surface area contributed by atoms with Crippen molar-refractivity contribution in [2.24, 2.45) is 0 Å². The maximum atomic E-state index is 12.0. The van der Waals surface area contributed by atoms with Crippen LogP contribution in [-0.4, -0.2) is 26.2 Å². The van der Waals surface area contributed by atoms with E-state index in [1.165, 1.54) is 30.3 Å². The summed E-state index contributed by atoms with van der Waals surface area (Å²) in [6, 6.07) is 11.7. The molecule has 0 saturated carbocycles. The van der Waals surface area contributed by atoms with Crippen molar-refractivity contribution in [3.63, 3.8) is 0 Å². The Balaban J connectivity index is 2.48. The summed E-state index contributed by atoms with van der Waals surface area (Å²) in [4.78, 5) is 12.0. The van der Waals surface area contributed by atoms with Crippen LogP contribution in [0.2, 0.25) is 0 Å². The molecule has 0 spiro atoms. The smallest absolute Gasteiger partial charge is 0.238 e. The summed E-state index contributed by atoms with van der Waals surface area (Å²) in [6.45, 7) is 0. The largest absolute Gasteiger partial charge is 0.507 e. The van der Waals surface area contributed by atoms with Gasteiger partial charge in [0.1, 0.15) is 17.1 Å². The van der Waals surface area contributed by atoms with Gasteiger partial charge >= 0.3 is 0 Å². The molecule has 20 heavy (non-hydrogen) atoms. The zero-order valence-electron chi connectivity index (χ0n) is 10.3. The van der Waals surface area contributed by atoms with Gasteiger partial charge in [-0.2, -0.15) is 0 Å². The Morgan fingerprint density at radius 2 is 1.35 bits per heavy atom. The standard InChI is InChI=1S/C15H12O5/c16-10-7-4-8-11(17)12(10)14(19)15(20)13(18)9-5-2-1-3-6-9/h1-8,16-18,20H/b15-13+. The summed E-state index contributed by atoms with van der Waals surface area (Å²) in [5, 5.41) is 38.8. The normalized spacial score (nSPS) is 11.8. The van der Waals surface area contributed by atoms with Crippen LogP contribution in [0.5, 0.6) is 11.5 Å². The Labute approximate surface area is 114 Å². The second-order valence-electron chi connectivity index (χ2n) is 4.06. The molecule has 0 aromatic heterocycles. The number of rotatable bonds is 3. The monoisotopic (exact) mass is 272 g/mol. The van der Waals surface area contributed by atoms with Crippen LogP contribution in [0, 0.1) is 0 Å². The second kappa shape index (κ2) is 5.36. The fraction of sp³-hybridized carbons (Fsp3) is 0. The fourth-order valence-corrected chi connectivity index (χ4v) is 1.72. The van der Waals surface area contributed by atoms with Crippen molar-refractivity contribution in [3.8, 4) is 11.5 Å². The maximum absolute atomic E-state index is 12.0. The molecule has 0 fully saturated rings. The summed E-state index contributed by atoms with van der Waals surface area (Å²) in [5.74, 6) is -3.61. The highest BCUT2D eigenvalue weighted by Crippen LogP contribution is 2.29. The van der Waals surface area contributed by atoms with E-state index >= 15 is 0 Å². The predicted octanol–water partition coefficient (Wildman–Crippen LogP) is 2.77. The van der Waals surface area contributed by atoms with Crippen molar-refractivity contribution in [1.82, 2.24) is 0 Å². The molecule has 0 aliphatic rings. The molecule has 0 bridgehead atoms. The van der Waals surface area contributed by atoms with Crippen LogP contribution in [-0.2, 0) is 0 Å². The molecule has 102 valence electrons. The highest BCUT2D eigenvalue weighted by atomic mass is 16.3. The van der Waals surface area contributed by atoms with Gasteiger partial charge < -0.3 is 20.4 Å². The van der Waals surface area contributed by atoms with E-state index in [2.05, 4.69) is 0 Å². The van der Waals surface area contributed by atoms with E-state index in [-0.39, 0.29) is 5.56 Å². The highest BCUT2D eigenvalue weighted by Gasteiger charge is 2.23. The average Bonchev–Trinajstić information content (AvgIpc) is 2.46. The lowest BCUT2D eigenvalue weighted by Crippen LogP contribution is -2.06. The van der Waals surface area contributed by atoms with Crippen LogP contribution in [0.25, 0.3) is 5.76 Å². The lowest BCUT2D eigenvalue weighted by molar-refractivity contribution is 0.0969. The third kappa shape index (κ3) is 2.42. The topological polar surface area (TPSA) is 98.0 Å². The molecule has 0 amide bonds. The number of aromatic hydroxyl groups is 2. The van der Waals surface area contributed by atoms with E-state index in [9.17, 15) is 25.2 Å². The molecular formula is C15H12O5. The summed E-state index contributed by atoms with van der Waals surface area (Å²) in [7, 11) is 0. The van der Waals surface area contributed by atoms with E-state index in [1.807, 2.05) is 0 Å². The molecule has 4 N–H and O–H groups in total. The Morgan fingerprint density at radius 1 is 0.800 bits per heavy atom. The van der Waals surface area contributed by atoms with Gasteiger partial charge in [0.05, 0.1) is 0 Å². The van der Waals surface area contributed by atoms with Crippen LogP contribution in [0.3, 0.4) is 0 Å². The molecule has 0 heterocycles. The summed E-state index contributed by atoms with van der Waals surface area (Å²) in [6.07, 6.45) is 0. The van der Waals surface area contributed by atoms with Gasteiger partial charge in [0.25, 0.3) is 0 Å². The summed E-state index contributed by atoms with van der Waals surface area (Å²) < 4.78 is 0. The average molecular weight is 272 g/mol. The van der Waals surface area contributed by atoms with Gasteiger partial charge in [0.15, 0.2) is 5.76 Å². The van der Waals surface area contributed by atoms with E-state index in [4.69, 9.17) is 0 Å². The molecule has 0 aliphatic carbocycles. The van der Waals surface area contributed by atoms with E-state index in [1.54, 1.807) is 18.2 Å². The van der Waals surface area contributed by atoms with Crippen molar-refractivity contribution < 1.29 is 25.2 Å². The van der Waals surface area contributed by atoms with Crippen LogP contribution >= 0.6 is 0 Å². The third-order valence-corrected chi connectivity index (χ3v) is 2.73. The predicted molar refractivity (Wildman–Crippen MR) is 72.7 cm³/mol. The van der Waals surface area contributed by atoms with Gasteiger partial charge in [0, 0.05) is 5.56 Å². The minimum atomic E-state index is -1.07. The molecule has 5 heteroatoms. The Bertz CT molecular complexity index is 654.